The van der Waals surface area contributed by atoms with E-state index >= 15 is 0 Å². The summed E-state index contributed by atoms with van der Waals surface area (Å²) in [7, 11) is -6.10. The van der Waals surface area contributed by atoms with Gasteiger partial charge in [0.15, 0.2) is 22.0 Å². The predicted molar refractivity (Wildman–Crippen MR) is 386 cm³/mol. The molecule has 0 aliphatic carbocycles. The average Bonchev–Trinajstić information content (AvgIpc) is 1.42. The second-order valence-corrected chi connectivity index (χ2v) is 31.5. The van der Waals surface area contributed by atoms with Crippen LogP contribution >= 0.6 is 0 Å². The van der Waals surface area contributed by atoms with Crippen molar-refractivity contribution in [1.29, 1.82) is 0 Å². The van der Waals surface area contributed by atoms with E-state index in [2.05, 4.69) is 364 Å². The summed E-state index contributed by atoms with van der Waals surface area (Å²) in [5, 5.41) is 15.1. The van der Waals surface area contributed by atoms with Crippen LogP contribution in [0.2, 0.25) is 0 Å². The Hall–Kier alpha value is -11.8. The molecule has 0 saturated heterocycles. The first-order valence-corrected chi connectivity index (χ1v) is 35.4. The van der Waals surface area contributed by atoms with Gasteiger partial charge in [0.2, 0.25) is 5.78 Å². The number of fused-ring (bicyclic) bond motifs is 11. The molecule has 432 valence electrons. The number of imidazole rings is 2. The van der Waals surface area contributed by atoms with Gasteiger partial charge in [-0.2, -0.15) is 0 Å². The van der Waals surface area contributed by atoms with E-state index in [1.165, 1.54) is 52.3 Å². The molecule has 0 spiro atoms. The van der Waals surface area contributed by atoms with Gasteiger partial charge in [-0.3, -0.25) is 13.5 Å². The fraction of sp³-hybridized carbons (Fsp3) is 0. The van der Waals surface area contributed by atoms with Crippen LogP contribution in [0.15, 0.2) is 346 Å². The van der Waals surface area contributed by atoms with Crippen molar-refractivity contribution in [3.8, 4) is 28.7 Å². The second-order valence-electron chi connectivity index (χ2n) is 23.9. The highest BCUT2D eigenvalue weighted by Gasteiger charge is 2.44. The van der Waals surface area contributed by atoms with Gasteiger partial charge in [-0.25, -0.2) is 15.0 Å². The van der Waals surface area contributed by atoms with E-state index in [9.17, 15) is 0 Å². The van der Waals surface area contributed by atoms with Crippen molar-refractivity contribution in [1.82, 2.24) is 33.1 Å². The molecule has 0 aliphatic heterocycles. The summed E-state index contributed by atoms with van der Waals surface area (Å²) in [5.74, 6) is 2.79. The van der Waals surface area contributed by atoms with Gasteiger partial charge in [0.25, 0.3) is 0 Å². The maximum absolute atomic E-state index is 5.85. The summed E-state index contributed by atoms with van der Waals surface area (Å²) in [5.41, 5.74) is 10.2. The highest BCUT2D eigenvalue weighted by atomic mass is 28.3. The third-order valence-corrected chi connectivity index (χ3v) is 28.6. The van der Waals surface area contributed by atoms with E-state index < -0.39 is 16.1 Å². The van der Waals surface area contributed by atoms with Crippen LogP contribution in [0.5, 0.6) is 0 Å². The van der Waals surface area contributed by atoms with Gasteiger partial charge < -0.3 is 4.57 Å². The summed E-state index contributed by atoms with van der Waals surface area (Å²) in [4.78, 5) is 17.0. The molecular formula is C83H57N7Si2. The summed E-state index contributed by atoms with van der Waals surface area (Å²) < 4.78 is 9.27. The van der Waals surface area contributed by atoms with Gasteiger partial charge in [-0.15, -0.1) is 0 Å². The molecule has 0 bridgehead atoms. The molecule has 18 rings (SSSR count). The van der Waals surface area contributed by atoms with Crippen LogP contribution in [0, 0.1) is 0 Å². The van der Waals surface area contributed by atoms with Crippen molar-refractivity contribution in [2.45, 2.75) is 0 Å². The van der Waals surface area contributed by atoms with Crippen molar-refractivity contribution in [3.05, 3.63) is 346 Å². The van der Waals surface area contributed by atoms with Crippen LogP contribution in [-0.4, -0.2) is 49.2 Å². The number of nitrogens with zero attached hydrogens (tertiary/aromatic N) is 7. The first kappa shape index (κ1) is 53.3. The lowest BCUT2D eigenvalue weighted by atomic mass is 10.1. The standard InChI is InChI=1S/C83H57N7Si2/c1-7-30-60(31-8-1)91(61-32-9-2-10-33-61,62-34-11-3-12-35-62)66-50-52-75-70(55-66)71-56-67(92(63-36-13-4-14-37-63,64-38-15-5-16-39-64)65-40-17-6-18-41-65)51-53-76(71)88(75)80-57-81(90-79-49-26-25-48-78(79)89-77-47-24-21-44-72(77)84-83(89)90)86-82(85-80)58-28-27-29-59(54-58)87-73-45-22-19-42-68(73)69-43-20-23-46-74(69)87/h1-57H. The number of benzene rings is 13. The fourth-order valence-electron chi connectivity index (χ4n) is 15.2. The van der Waals surface area contributed by atoms with Crippen LogP contribution in [0.4, 0.5) is 0 Å². The van der Waals surface area contributed by atoms with E-state index in [-0.39, 0.29) is 0 Å². The normalized spacial score (nSPS) is 12.1. The predicted octanol–water partition coefficient (Wildman–Crippen LogP) is 13.8. The third-order valence-electron chi connectivity index (χ3n) is 19.1. The zero-order valence-electron chi connectivity index (χ0n) is 50.0. The molecular weight excluding hydrogens is 1150 g/mol. The number of para-hydroxylation sites is 6. The lowest BCUT2D eigenvalue weighted by Gasteiger charge is -2.34. The largest absolute Gasteiger partial charge is 0.309 e. The molecule has 5 heterocycles. The minimum atomic E-state index is -3.05. The van der Waals surface area contributed by atoms with Gasteiger partial charge in [-0.1, -0.05) is 279 Å². The quantitative estimate of drug-likeness (QED) is 0.0905. The maximum atomic E-state index is 5.85. The van der Waals surface area contributed by atoms with Crippen molar-refractivity contribution in [3.63, 3.8) is 0 Å². The van der Waals surface area contributed by atoms with Gasteiger partial charge >= 0.3 is 0 Å². The Balaban J connectivity index is 0.966. The number of hydrogen-bond acceptors (Lipinski definition) is 3. The van der Waals surface area contributed by atoms with Gasteiger partial charge in [0, 0.05) is 38.9 Å². The SMILES string of the molecule is c1ccc([Si](c2ccccc2)(c2ccccc2)c2ccc3c(c2)c2cc([Si](c4ccccc4)(c4ccccc4)c4ccccc4)ccc2n3-c2cc(-n3c4ccccc4n4c5ccccc5nc34)nc(-c3cccc(-n4c5ccccc5c5ccccc54)c3)n2)cc1. The average molecular weight is 1210 g/mol. The summed E-state index contributed by atoms with van der Waals surface area (Å²) in [6.07, 6.45) is 0. The zero-order valence-corrected chi connectivity index (χ0v) is 52.0. The second kappa shape index (κ2) is 21.5. The third kappa shape index (κ3) is 8.09. The highest BCUT2D eigenvalue weighted by molar-refractivity contribution is 7.20. The minimum absolute atomic E-state index is 0.586. The molecule has 0 radical (unpaired) electrons. The molecule has 0 saturated carbocycles. The molecule has 5 aromatic heterocycles. The van der Waals surface area contributed by atoms with E-state index in [0.29, 0.717) is 11.6 Å². The number of rotatable bonds is 12. The Labute approximate surface area is 533 Å². The number of hydrogen-bond donors (Lipinski definition) is 0. The Kier molecular flexibility index (Phi) is 12.4. The molecule has 0 unspecified atom stereocenters. The Bertz CT molecular complexity index is 5390. The summed E-state index contributed by atoms with van der Waals surface area (Å²) in [6, 6.07) is 127. The molecule has 0 aliphatic rings. The van der Waals surface area contributed by atoms with Crippen LogP contribution in [0.3, 0.4) is 0 Å². The highest BCUT2D eigenvalue weighted by Crippen LogP contribution is 2.37. The molecule has 0 N–H and O–H groups in total. The van der Waals surface area contributed by atoms with Crippen LogP contribution in [0.25, 0.3) is 100 Å². The topological polar surface area (TPSA) is 57.9 Å². The van der Waals surface area contributed by atoms with E-state index in [4.69, 9.17) is 15.0 Å². The van der Waals surface area contributed by atoms with Crippen LogP contribution < -0.4 is 41.5 Å². The lowest BCUT2D eigenvalue weighted by Crippen LogP contribution is -2.74. The monoisotopic (exact) mass is 1210 g/mol. The van der Waals surface area contributed by atoms with E-state index in [1.807, 2.05) is 0 Å². The molecule has 9 heteroatoms. The smallest absolute Gasteiger partial charge is 0.221 e. The summed E-state index contributed by atoms with van der Waals surface area (Å²) >= 11 is 0. The first-order chi connectivity index (χ1) is 45.6. The molecule has 7 nitrogen and oxygen atoms in total. The number of aromatic nitrogens is 7. The maximum Gasteiger partial charge on any atom is 0.221 e. The van der Waals surface area contributed by atoms with Crippen LogP contribution in [0.1, 0.15) is 0 Å². The van der Waals surface area contributed by atoms with E-state index in [1.54, 1.807) is 0 Å². The Morgan fingerprint density at radius 1 is 0.228 bits per heavy atom. The summed E-state index contributed by atoms with van der Waals surface area (Å²) in [6.45, 7) is 0. The molecule has 18 aromatic rings. The minimum Gasteiger partial charge on any atom is -0.309 e. The fourth-order valence-corrected chi connectivity index (χ4v) is 24.8. The lowest BCUT2D eigenvalue weighted by molar-refractivity contribution is 0.980. The first-order valence-electron chi connectivity index (χ1n) is 31.4. The van der Waals surface area contributed by atoms with Crippen molar-refractivity contribution in [2.24, 2.45) is 0 Å². The molecule has 0 fully saturated rings. The van der Waals surface area contributed by atoms with Gasteiger partial charge in [0.05, 0.1) is 44.1 Å². The molecule has 0 amide bonds. The van der Waals surface area contributed by atoms with Gasteiger partial charge in [-0.05, 0) is 102 Å². The van der Waals surface area contributed by atoms with E-state index in [0.717, 1.165) is 77.8 Å². The Morgan fingerprint density at radius 3 is 1.08 bits per heavy atom. The van der Waals surface area contributed by atoms with Crippen LogP contribution in [-0.2, 0) is 0 Å². The molecule has 92 heavy (non-hydrogen) atoms. The van der Waals surface area contributed by atoms with Crippen molar-refractivity contribution in [2.75, 3.05) is 0 Å². The van der Waals surface area contributed by atoms with Crippen molar-refractivity contribution < 1.29 is 0 Å². The Morgan fingerprint density at radius 2 is 0.609 bits per heavy atom. The molecule has 0 atom stereocenters. The van der Waals surface area contributed by atoms with Gasteiger partial charge in [0.1, 0.15) is 11.6 Å². The van der Waals surface area contributed by atoms with Crippen molar-refractivity contribution >= 4 is 129 Å². The molecule has 13 aromatic carbocycles. The zero-order chi connectivity index (χ0) is 60.7.